The number of carbonyl (C=O) groups excluding carboxylic acids is 2. The van der Waals surface area contributed by atoms with E-state index in [0.29, 0.717) is 31.5 Å². The zero-order valence-corrected chi connectivity index (χ0v) is 15.6. The van der Waals surface area contributed by atoms with Crippen molar-refractivity contribution < 1.29 is 22.4 Å². The summed E-state index contributed by atoms with van der Waals surface area (Å²) in [6, 6.07) is 2.27. The van der Waals surface area contributed by atoms with Gasteiger partial charge in [-0.25, -0.2) is 12.8 Å². The van der Waals surface area contributed by atoms with Crippen LogP contribution in [0.2, 0.25) is 0 Å². The number of hydrogen-bond acceptors (Lipinski definition) is 4. The van der Waals surface area contributed by atoms with E-state index < -0.39 is 27.6 Å². The van der Waals surface area contributed by atoms with Crippen molar-refractivity contribution in [2.75, 3.05) is 23.4 Å². The van der Waals surface area contributed by atoms with Gasteiger partial charge in [0.2, 0.25) is 5.91 Å². The lowest BCUT2D eigenvalue weighted by atomic mass is 9.99. The Morgan fingerprint density at radius 2 is 2.12 bits per heavy atom. The van der Waals surface area contributed by atoms with E-state index in [-0.39, 0.29) is 23.0 Å². The summed E-state index contributed by atoms with van der Waals surface area (Å²) in [5, 5.41) is 2.61. The summed E-state index contributed by atoms with van der Waals surface area (Å²) < 4.78 is 38.2. The predicted molar refractivity (Wildman–Crippen MR) is 96.4 cm³/mol. The average molecular weight is 382 g/mol. The fourth-order valence-corrected chi connectivity index (χ4v) is 5.25. The minimum atomic E-state index is -3.15. The van der Waals surface area contributed by atoms with Crippen LogP contribution in [0.25, 0.3) is 0 Å². The summed E-state index contributed by atoms with van der Waals surface area (Å²) in [7, 11) is -3.15. The quantitative estimate of drug-likeness (QED) is 0.846. The molecule has 2 amide bonds. The van der Waals surface area contributed by atoms with E-state index >= 15 is 0 Å². The van der Waals surface area contributed by atoms with Crippen LogP contribution in [-0.2, 0) is 21.1 Å². The Hall–Kier alpha value is -1.96. The SMILES string of the molecule is CCCCN(C(=O)c1cc2c(cc1F)NC(=O)CC2)C1CCS(=O)(=O)C1. The number of aryl methyl sites for hydroxylation is 1. The van der Waals surface area contributed by atoms with Crippen LogP contribution in [0.4, 0.5) is 10.1 Å². The lowest BCUT2D eigenvalue weighted by Gasteiger charge is -2.29. The van der Waals surface area contributed by atoms with Gasteiger partial charge in [-0.1, -0.05) is 13.3 Å². The molecule has 0 aromatic heterocycles. The molecule has 3 rings (SSSR count). The van der Waals surface area contributed by atoms with Gasteiger partial charge in [0, 0.05) is 24.7 Å². The monoisotopic (exact) mass is 382 g/mol. The molecule has 2 aliphatic rings. The van der Waals surface area contributed by atoms with Crippen LogP contribution in [0.15, 0.2) is 12.1 Å². The maximum Gasteiger partial charge on any atom is 0.257 e. The number of nitrogens with one attached hydrogen (secondary N) is 1. The Morgan fingerprint density at radius 3 is 2.77 bits per heavy atom. The van der Waals surface area contributed by atoms with Gasteiger partial charge in [-0.2, -0.15) is 0 Å². The van der Waals surface area contributed by atoms with Gasteiger partial charge in [-0.15, -0.1) is 0 Å². The number of sulfone groups is 1. The maximum absolute atomic E-state index is 14.6. The van der Waals surface area contributed by atoms with Crippen LogP contribution in [-0.4, -0.2) is 49.2 Å². The third-order valence-electron chi connectivity index (χ3n) is 4.98. The summed E-state index contributed by atoms with van der Waals surface area (Å²) in [6.45, 7) is 2.39. The molecular weight excluding hydrogens is 359 g/mol. The molecule has 0 spiro atoms. The van der Waals surface area contributed by atoms with E-state index in [0.717, 1.165) is 18.4 Å². The standard InChI is InChI=1S/C18H23FN2O4S/c1-2-3-7-21(13-6-8-26(24,25)11-13)18(23)14-9-12-4-5-17(22)20-16(12)10-15(14)19/h9-10,13H,2-8,11H2,1H3,(H,20,22). The summed E-state index contributed by atoms with van der Waals surface area (Å²) >= 11 is 0. The first-order valence-electron chi connectivity index (χ1n) is 8.94. The van der Waals surface area contributed by atoms with Crippen LogP contribution < -0.4 is 5.32 Å². The Labute approximate surface area is 152 Å². The van der Waals surface area contributed by atoms with Crippen molar-refractivity contribution in [2.45, 2.75) is 45.1 Å². The number of amides is 2. The Balaban J connectivity index is 1.90. The molecule has 2 heterocycles. The number of benzene rings is 1. The van der Waals surface area contributed by atoms with Crippen LogP contribution in [0.1, 0.15) is 48.5 Å². The molecule has 1 saturated heterocycles. The number of halogens is 1. The van der Waals surface area contributed by atoms with Crippen molar-refractivity contribution in [3.63, 3.8) is 0 Å². The van der Waals surface area contributed by atoms with E-state index in [2.05, 4.69) is 5.32 Å². The smallest absolute Gasteiger partial charge is 0.257 e. The van der Waals surface area contributed by atoms with Gasteiger partial charge in [0.15, 0.2) is 9.84 Å². The lowest BCUT2D eigenvalue weighted by molar-refractivity contribution is -0.116. The zero-order chi connectivity index (χ0) is 18.9. The van der Waals surface area contributed by atoms with Crippen LogP contribution >= 0.6 is 0 Å². The minimum absolute atomic E-state index is 0.0553. The number of fused-ring (bicyclic) bond motifs is 1. The summed E-state index contributed by atoms with van der Waals surface area (Å²) in [4.78, 5) is 26.0. The Morgan fingerprint density at radius 1 is 1.35 bits per heavy atom. The molecule has 1 aromatic carbocycles. The molecule has 2 aliphatic heterocycles. The second-order valence-corrected chi connectivity index (χ2v) is 9.18. The Bertz CT molecular complexity index is 838. The Kier molecular flexibility index (Phi) is 5.32. The summed E-state index contributed by atoms with van der Waals surface area (Å²) in [5.74, 6) is -1.34. The highest BCUT2D eigenvalue weighted by molar-refractivity contribution is 7.91. The van der Waals surface area contributed by atoms with Crippen molar-refractivity contribution in [1.29, 1.82) is 0 Å². The highest BCUT2D eigenvalue weighted by Gasteiger charge is 2.35. The van der Waals surface area contributed by atoms with Gasteiger partial charge in [-0.05, 0) is 37.0 Å². The molecule has 1 unspecified atom stereocenters. The summed E-state index contributed by atoms with van der Waals surface area (Å²) in [6.07, 6.45) is 2.72. The number of unbranched alkanes of at least 4 members (excludes halogenated alkanes) is 1. The highest BCUT2D eigenvalue weighted by atomic mass is 32.2. The van der Waals surface area contributed by atoms with Gasteiger partial charge >= 0.3 is 0 Å². The minimum Gasteiger partial charge on any atom is -0.335 e. The molecule has 142 valence electrons. The summed E-state index contributed by atoms with van der Waals surface area (Å²) in [5.41, 5.74) is 1.07. The van der Waals surface area contributed by atoms with Gasteiger partial charge in [-0.3, -0.25) is 9.59 Å². The maximum atomic E-state index is 14.6. The van der Waals surface area contributed by atoms with Crippen molar-refractivity contribution in [2.24, 2.45) is 0 Å². The molecule has 1 fully saturated rings. The zero-order valence-electron chi connectivity index (χ0n) is 14.8. The molecule has 26 heavy (non-hydrogen) atoms. The normalized spacial score (nSPS) is 21.2. The van der Waals surface area contributed by atoms with Gasteiger partial charge in [0.1, 0.15) is 5.82 Å². The third kappa shape index (κ3) is 3.90. The molecule has 8 heteroatoms. The second-order valence-electron chi connectivity index (χ2n) is 6.95. The number of hydrogen-bond donors (Lipinski definition) is 1. The fraction of sp³-hybridized carbons (Fsp3) is 0.556. The van der Waals surface area contributed by atoms with Gasteiger partial charge in [0.05, 0.1) is 17.1 Å². The molecule has 1 atom stereocenters. The predicted octanol–water partition coefficient (Wildman–Crippen LogP) is 2.14. The fourth-order valence-electron chi connectivity index (χ4n) is 3.52. The van der Waals surface area contributed by atoms with Crippen molar-refractivity contribution >= 4 is 27.3 Å². The molecule has 0 bridgehead atoms. The molecule has 0 radical (unpaired) electrons. The number of rotatable bonds is 5. The lowest BCUT2D eigenvalue weighted by Crippen LogP contribution is -2.42. The van der Waals surface area contributed by atoms with E-state index in [4.69, 9.17) is 0 Å². The highest BCUT2D eigenvalue weighted by Crippen LogP contribution is 2.28. The first-order valence-corrected chi connectivity index (χ1v) is 10.8. The average Bonchev–Trinajstić information content (AvgIpc) is 2.94. The van der Waals surface area contributed by atoms with E-state index in [9.17, 15) is 22.4 Å². The van der Waals surface area contributed by atoms with Crippen molar-refractivity contribution in [3.05, 3.63) is 29.1 Å². The molecular formula is C18H23FN2O4S. The van der Waals surface area contributed by atoms with Crippen molar-refractivity contribution in [3.8, 4) is 0 Å². The van der Waals surface area contributed by atoms with Crippen LogP contribution in [0.3, 0.4) is 0 Å². The van der Waals surface area contributed by atoms with E-state index in [1.54, 1.807) is 0 Å². The van der Waals surface area contributed by atoms with Gasteiger partial charge < -0.3 is 10.2 Å². The number of nitrogens with zero attached hydrogens (tertiary/aromatic N) is 1. The molecule has 1 aromatic rings. The largest absolute Gasteiger partial charge is 0.335 e. The van der Waals surface area contributed by atoms with Crippen LogP contribution in [0.5, 0.6) is 0 Å². The van der Waals surface area contributed by atoms with Crippen LogP contribution in [0, 0.1) is 5.82 Å². The number of carbonyl (C=O) groups is 2. The second kappa shape index (κ2) is 7.34. The topological polar surface area (TPSA) is 83.6 Å². The molecule has 0 aliphatic carbocycles. The van der Waals surface area contributed by atoms with E-state index in [1.807, 2.05) is 6.92 Å². The van der Waals surface area contributed by atoms with Crippen molar-refractivity contribution in [1.82, 2.24) is 4.90 Å². The third-order valence-corrected chi connectivity index (χ3v) is 6.73. The van der Waals surface area contributed by atoms with Gasteiger partial charge in [0.25, 0.3) is 5.91 Å². The van der Waals surface area contributed by atoms with E-state index in [1.165, 1.54) is 17.0 Å². The molecule has 0 saturated carbocycles. The molecule has 1 N–H and O–H groups in total. The molecule has 6 nitrogen and oxygen atoms in total. The number of anilines is 1. The first-order chi connectivity index (χ1) is 12.3. The first kappa shape index (κ1) is 18.8.